The van der Waals surface area contributed by atoms with E-state index < -0.39 is 36.9 Å². The van der Waals surface area contributed by atoms with Crippen LogP contribution in [0.25, 0.3) is 5.95 Å². The highest BCUT2D eigenvalue weighted by molar-refractivity contribution is 6.04. The number of amides is 1. The number of methoxy groups -OCH3 is 1. The highest BCUT2D eigenvalue weighted by Crippen LogP contribution is 2.36. The molecule has 2 heterocycles. The van der Waals surface area contributed by atoms with Crippen molar-refractivity contribution in [3.8, 4) is 23.5 Å². The molecule has 0 unspecified atom stereocenters. The summed E-state index contributed by atoms with van der Waals surface area (Å²) in [6.07, 6.45) is 2.08. The fourth-order valence-corrected chi connectivity index (χ4v) is 4.81. The summed E-state index contributed by atoms with van der Waals surface area (Å²) in [7, 11) is 1.39. The molecular formula is C37H45FN8O10. The average molecular weight is 781 g/mol. The molecular weight excluding hydrogens is 735 g/mol. The van der Waals surface area contributed by atoms with Crippen molar-refractivity contribution in [1.29, 1.82) is 5.41 Å². The van der Waals surface area contributed by atoms with Gasteiger partial charge in [0.1, 0.15) is 36.9 Å². The highest BCUT2D eigenvalue weighted by Gasteiger charge is 2.29. The number of esters is 1. The van der Waals surface area contributed by atoms with Gasteiger partial charge in [0.25, 0.3) is 5.95 Å². The zero-order valence-corrected chi connectivity index (χ0v) is 31.9. The molecule has 0 aliphatic carbocycles. The Balaban J connectivity index is 1.72. The van der Waals surface area contributed by atoms with Crippen molar-refractivity contribution in [2.24, 2.45) is 5.92 Å². The van der Waals surface area contributed by atoms with Crippen LogP contribution >= 0.6 is 0 Å². The zero-order valence-electron chi connectivity index (χ0n) is 31.9. The van der Waals surface area contributed by atoms with Gasteiger partial charge < -0.3 is 38.5 Å². The van der Waals surface area contributed by atoms with Crippen molar-refractivity contribution in [3.05, 3.63) is 77.6 Å². The zero-order chi connectivity index (χ0) is 40.6. The Bertz CT molecular complexity index is 1920. The summed E-state index contributed by atoms with van der Waals surface area (Å²) in [4.78, 5) is 48.7. The molecule has 2 aromatic carbocycles. The van der Waals surface area contributed by atoms with E-state index in [0.717, 1.165) is 4.68 Å². The summed E-state index contributed by atoms with van der Waals surface area (Å²) in [6.45, 7) is 8.04. The monoisotopic (exact) mass is 780 g/mol. The van der Waals surface area contributed by atoms with Gasteiger partial charge in [-0.3, -0.25) is 15.5 Å². The van der Waals surface area contributed by atoms with E-state index in [0.29, 0.717) is 24.1 Å². The Morgan fingerprint density at radius 3 is 2.32 bits per heavy atom. The SMILES string of the molecule is CCC(CC)OC(=O)OCOc1nc([C@H](Nc2ccc(C(=N)NC(=O)OCC(C)C)cc2)c2cc(OC)cc(OCCOC(C)=O)c2F)nn1-c1ncccn1. The molecule has 4 rings (SSSR count). The molecule has 0 spiro atoms. The molecule has 0 saturated carbocycles. The van der Waals surface area contributed by atoms with E-state index in [4.69, 9.17) is 38.6 Å². The normalized spacial score (nSPS) is 11.4. The predicted molar refractivity (Wildman–Crippen MR) is 198 cm³/mol. The number of anilines is 1. The quantitative estimate of drug-likeness (QED) is 0.0258. The number of nitrogens with zero attached hydrogens (tertiary/aromatic N) is 5. The van der Waals surface area contributed by atoms with Crippen LogP contribution < -0.4 is 24.8 Å². The third-order valence-corrected chi connectivity index (χ3v) is 7.63. The summed E-state index contributed by atoms with van der Waals surface area (Å²) in [5.41, 5.74) is 0.725. The number of halogens is 1. The molecule has 0 saturated heterocycles. The van der Waals surface area contributed by atoms with Gasteiger partial charge in [-0.1, -0.05) is 27.7 Å². The molecule has 0 fully saturated rings. The Hall–Kier alpha value is -6.53. The first-order valence-corrected chi connectivity index (χ1v) is 17.7. The Kier molecular flexibility index (Phi) is 15.7. The van der Waals surface area contributed by atoms with Gasteiger partial charge in [0, 0.05) is 42.2 Å². The largest absolute Gasteiger partial charge is 0.511 e. The molecule has 4 aromatic rings. The van der Waals surface area contributed by atoms with Crippen molar-refractivity contribution >= 4 is 29.7 Å². The van der Waals surface area contributed by atoms with Gasteiger partial charge in [-0.05, 0) is 55.2 Å². The van der Waals surface area contributed by atoms with E-state index in [9.17, 15) is 14.4 Å². The topological polar surface area (TPSA) is 220 Å². The molecule has 18 nitrogen and oxygen atoms in total. The van der Waals surface area contributed by atoms with Crippen LogP contribution in [0.3, 0.4) is 0 Å². The summed E-state index contributed by atoms with van der Waals surface area (Å²) < 4.78 is 54.9. The van der Waals surface area contributed by atoms with Gasteiger partial charge >= 0.3 is 24.2 Å². The molecule has 2 aromatic heterocycles. The van der Waals surface area contributed by atoms with Crippen LogP contribution in [0.5, 0.6) is 17.5 Å². The van der Waals surface area contributed by atoms with Gasteiger partial charge in [0.05, 0.1) is 13.7 Å². The van der Waals surface area contributed by atoms with Crippen molar-refractivity contribution < 1.29 is 51.9 Å². The van der Waals surface area contributed by atoms with E-state index in [1.54, 1.807) is 30.3 Å². The standard InChI is InChI=1S/C37H45FN8O10/c1-7-26(8-2)56-37(49)55-21-54-35-44-33(45-46(35)34-40-14-9-15-41-34)31(28-18-27(50-6)19-29(30(28)38)52-17-16-51-23(5)47)42-25-12-10-24(11-13-25)32(39)43-36(48)53-20-22(3)4/h9-15,18-19,22,26,31,42H,7-8,16-17,20-21H2,1-6H3,(H2,39,43,48)/t31-/m1/s1. The molecule has 1 amide bonds. The maximum absolute atomic E-state index is 16.5. The minimum absolute atomic E-state index is 0.0301. The van der Waals surface area contributed by atoms with Crippen LogP contribution in [0.4, 0.5) is 19.7 Å². The van der Waals surface area contributed by atoms with E-state index in [1.165, 1.54) is 38.6 Å². The number of alkyl carbamates (subject to hydrolysis) is 1. The molecule has 19 heteroatoms. The second kappa shape index (κ2) is 20.8. The van der Waals surface area contributed by atoms with E-state index in [2.05, 4.69) is 30.7 Å². The number of amidine groups is 1. The van der Waals surface area contributed by atoms with Crippen molar-refractivity contribution in [2.75, 3.05) is 39.0 Å². The summed E-state index contributed by atoms with van der Waals surface area (Å²) in [5, 5.41) is 18.5. The number of nitrogens with one attached hydrogen (secondary N) is 3. The minimum atomic E-state index is -1.21. The average Bonchev–Trinajstić information content (AvgIpc) is 3.61. The highest BCUT2D eigenvalue weighted by atomic mass is 19.1. The lowest BCUT2D eigenvalue weighted by Crippen LogP contribution is -2.31. The van der Waals surface area contributed by atoms with E-state index >= 15 is 4.39 Å². The molecule has 300 valence electrons. The molecule has 3 N–H and O–H groups in total. The lowest BCUT2D eigenvalue weighted by molar-refractivity contribution is -0.141. The number of benzene rings is 2. The van der Waals surface area contributed by atoms with Crippen LogP contribution in [0.2, 0.25) is 0 Å². The number of hydrogen-bond donors (Lipinski definition) is 3. The second-order valence-electron chi connectivity index (χ2n) is 12.3. The number of hydrogen-bond acceptors (Lipinski definition) is 16. The van der Waals surface area contributed by atoms with Crippen molar-refractivity contribution in [1.82, 2.24) is 30.0 Å². The number of carbonyl (C=O) groups excluding carboxylic acids is 3. The lowest BCUT2D eigenvalue weighted by Gasteiger charge is -2.21. The first-order valence-electron chi connectivity index (χ1n) is 17.7. The van der Waals surface area contributed by atoms with E-state index in [-0.39, 0.29) is 72.5 Å². The van der Waals surface area contributed by atoms with Gasteiger partial charge in [-0.25, -0.2) is 23.9 Å². The maximum atomic E-state index is 16.5. The summed E-state index contributed by atoms with van der Waals surface area (Å²) in [5.74, 6) is -1.47. The molecule has 0 aliphatic heterocycles. The van der Waals surface area contributed by atoms with Gasteiger partial charge in [-0.15, -0.1) is 9.78 Å². The second-order valence-corrected chi connectivity index (χ2v) is 12.3. The van der Waals surface area contributed by atoms with Crippen LogP contribution in [0.1, 0.15) is 70.5 Å². The maximum Gasteiger partial charge on any atom is 0.511 e. The van der Waals surface area contributed by atoms with E-state index in [1.807, 2.05) is 27.7 Å². The molecule has 0 aliphatic rings. The van der Waals surface area contributed by atoms with Crippen molar-refractivity contribution in [3.63, 3.8) is 0 Å². The lowest BCUT2D eigenvalue weighted by atomic mass is 10.0. The number of ether oxygens (including phenoxy) is 7. The summed E-state index contributed by atoms with van der Waals surface area (Å²) >= 11 is 0. The molecule has 56 heavy (non-hydrogen) atoms. The third-order valence-electron chi connectivity index (χ3n) is 7.63. The predicted octanol–water partition coefficient (Wildman–Crippen LogP) is 5.73. The van der Waals surface area contributed by atoms with Crippen LogP contribution in [-0.4, -0.2) is 88.6 Å². The van der Waals surface area contributed by atoms with Gasteiger partial charge in [0.15, 0.2) is 17.4 Å². The third kappa shape index (κ3) is 12.3. The first-order chi connectivity index (χ1) is 26.9. The molecule has 1 atom stereocenters. The number of carbonyl (C=O) groups is 3. The first kappa shape index (κ1) is 42.2. The van der Waals surface area contributed by atoms with Crippen molar-refractivity contribution in [2.45, 2.75) is 59.6 Å². The Morgan fingerprint density at radius 2 is 1.68 bits per heavy atom. The fourth-order valence-electron chi connectivity index (χ4n) is 4.81. The Morgan fingerprint density at radius 1 is 0.964 bits per heavy atom. The minimum Gasteiger partial charge on any atom is -0.497 e. The number of rotatable bonds is 19. The van der Waals surface area contributed by atoms with Crippen LogP contribution in [0.15, 0.2) is 54.9 Å². The summed E-state index contributed by atoms with van der Waals surface area (Å²) in [6, 6.07) is 9.24. The van der Waals surface area contributed by atoms with Crippen LogP contribution in [-0.2, 0) is 23.7 Å². The van der Waals surface area contributed by atoms with Gasteiger partial charge in [-0.2, -0.15) is 4.98 Å². The molecule has 0 radical (unpaired) electrons. The fraction of sp³-hybridized carbons (Fsp3) is 0.405. The number of aromatic nitrogens is 5. The molecule has 0 bridgehead atoms. The van der Waals surface area contributed by atoms with Gasteiger partial charge in [0.2, 0.25) is 6.79 Å². The van der Waals surface area contributed by atoms with Crippen LogP contribution in [0, 0.1) is 17.1 Å². The smallest absolute Gasteiger partial charge is 0.497 e. The Labute approximate surface area is 322 Å².